The minimum Gasteiger partial charge on any atom is -0.390 e. The first-order valence-corrected chi connectivity index (χ1v) is 9.60. The van der Waals surface area contributed by atoms with E-state index in [0.717, 1.165) is 44.3 Å². The molecule has 2 fully saturated rings. The van der Waals surface area contributed by atoms with Crippen LogP contribution in [-0.4, -0.2) is 44.9 Å². The van der Waals surface area contributed by atoms with E-state index in [-0.39, 0.29) is 23.9 Å². The third-order valence-electron chi connectivity index (χ3n) is 5.99. The van der Waals surface area contributed by atoms with Crippen molar-refractivity contribution in [3.8, 4) is 6.07 Å². The third kappa shape index (κ3) is 3.25. The Morgan fingerprint density at radius 1 is 1.52 bits per heavy atom. The van der Waals surface area contributed by atoms with Gasteiger partial charge in [-0.15, -0.1) is 17.5 Å². The minimum absolute atomic E-state index is 0. The second-order valence-corrected chi connectivity index (χ2v) is 7.70. The van der Waals surface area contributed by atoms with Crippen LogP contribution in [0.4, 0.5) is 5.95 Å². The monoisotopic (exact) mass is 410 g/mol. The predicted molar refractivity (Wildman–Crippen MR) is 107 cm³/mol. The molecule has 27 heavy (non-hydrogen) atoms. The van der Waals surface area contributed by atoms with Crippen molar-refractivity contribution in [2.45, 2.75) is 56.6 Å². The molecule has 0 radical (unpaired) electrons. The van der Waals surface area contributed by atoms with Gasteiger partial charge in [-0.1, -0.05) is 24.9 Å². The number of nitrogens with one attached hydrogen (secondary N) is 2. The van der Waals surface area contributed by atoms with Gasteiger partial charge in [-0.2, -0.15) is 5.26 Å². The first-order chi connectivity index (χ1) is 12.6. The summed E-state index contributed by atoms with van der Waals surface area (Å²) >= 11 is 6.48. The Balaban J connectivity index is 0.00000210. The number of halogens is 2. The van der Waals surface area contributed by atoms with Crippen molar-refractivity contribution in [3.05, 3.63) is 22.5 Å². The maximum absolute atomic E-state index is 10.1. The average Bonchev–Trinajstić information content (AvgIpc) is 2.89. The predicted octanol–water partition coefficient (Wildman–Crippen LogP) is 2.64. The van der Waals surface area contributed by atoms with Crippen LogP contribution in [0.15, 0.2) is 6.20 Å². The fraction of sp³-hybridized carbons (Fsp3) is 0.611. The van der Waals surface area contributed by atoms with E-state index in [0.29, 0.717) is 28.6 Å². The summed E-state index contributed by atoms with van der Waals surface area (Å²) in [6.07, 6.45) is 6.16. The zero-order valence-electron chi connectivity index (χ0n) is 15.2. The van der Waals surface area contributed by atoms with Gasteiger partial charge in [0.25, 0.3) is 0 Å². The lowest BCUT2D eigenvalue weighted by atomic mass is 9.64. The van der Waals surface area contributed by atoms with Crippen molar-refractivity contribution in [3.63, 3.8) is 0 Å². The molecule has 1 saturated carbocycles. The fourth-order valence-corrected chi connectivity index (χ4v) is 4.47. The summed E-state index contributed by atoms with van der Waals surface area (Å²) in [4.78, 5) is 4.37. The number of hydrogen-bond donors (Lipinski definition) is 3. The Labute approximate surface area is 169 Å². The zero-order valence-corrected chi connectivity index (χ0v) is 16.8. The second-order valence-electron chi connectivity index (χ2n) is 7.33. The van der Waals surface area contributed by atoms with E-state index in [4.69, 9.17) is 11.6 Å². The maximum atomic E-state index is 10.1. The number of anilines is 1. The first kappa shape index (κ1) is 20.2. The maximum Gasteiger partial charge on any atom is 0.241 e. The number of nitriles is 1. The van der Waals surface area contributed by atoms with Gasteiger partial charge in [-0.3, -0.25) is 0 Å². The Morgan fingerprint density at radius 2 is 2.30 bits per heavy atom. The van der Waals surface area contributed by atoms with Crippen LogP contribution in [0.3, 0.4) is 0 Å². The van der Waals surface area contributed by atoms with Crippen LogP contribution in [-0.2, 0) is 5.41 Å². The van der Waals surface area contributed by atoms with Gasteiger partial charge in [0.2, 0.25) is 5.95 Å². The summed E-state index contributed by atoms with van der Waals surface area (Å²) in [6.45, 7) is 3.55. The number of aromatic nitrogens is 3. The topological polar surface area (TPSA) is 98.3 Å². The van der Waals surface area contributed by atoms with Crippen molar-refractivity contribution in [2.75, 3.05) is 18.4 Å². The highest BCUT2D eigenvalue weighted by molar-refractivity contribution is 6.35. The van der Waals surface area contributed by atoms with E-state index in [1.54, 1.807) is 10.7 Å². The van der Waals surface area contributed by atoms with Crippen molar-refractivity contribution in [2.24, 2.45) is 0 Å². The number of aliphatic hydroxyl groups excluding tert-OH is 1. The van der Waals surface area contributed by atoms with Gasteiger partial charge < -0.3 is 15.7 Å². The van der Waals surface area contributed by atoms with Crippen LogP contribution in [0, 0.1) is 11.3 Å². The lowest BCUT2D eigenvalue weighted by Gasteiger charge is -2.41. The lowest BCUT2D eigenvalue weighted by Crippen LogP contribution is -2.48. The number of β-amino-alcohol motifs (C(OH)–C–C–N with tert-alkyl or cyclic N) is 1. The summed E-state index contributed by atoms with van der Waals surface area (Å²) in [5.74, 6) is 0.450. The molecule has 146 valence electrons. The number of aliphatic hydroxyl groups is 1. The molecule has 0 aromatic carbocycles. The molecule has 1 aliphatic carbocycles. The van der Waals surface area contributed by atoms with Gasteiger partial charge in [-0.25, -0.2) is 9.50 Å². The summed E-state index contributed by atoms with van der Waals surface area (Å²) in [5.41, 5.74) is 2.04. The number of nitrogens with zero attached hydrogens (tertiary/aromatic N) is 4. The van der Waals surface area contributed by atoms with E-state index in [2.05, 4.69) is 33.7 Å². The van der Waals surface area contributed by atoms with Crippen LogP contribution < -0.4 is 10.6 Å². The molecule has 3 heterocycles. The summed E-state index contributed by atoms with van der Waals surface area (Å²) in [6, 6.07) is 2.19. The van der Waals surface area contributed by atoms with Crippen LogP contribution in [0.2, 0.25) is 5.02 Å². The Kier molecular flexibility index (Phi) is 5.82. The van der Waals surface area contributed by atoms with E-state index < -0.39 is 6.10 Å². The van der Waals surface area contributed by atoms with Gasteiger partial charge in [0.05, 0.1) is 34.6 Å². The largest absolute Gasteiger partial charge is 0.390 e. The summed E-state index contributed by atoms with van der Waals surface area (Å²) < 4.78 is 1.80. The fourth-order valence-electron chi connectivity index (χ4n) is 4.21. The molecule has 9 heteroatoms. The number of hydrogen-bond acceptors (Lipinski definition) is 6. The summed E-state index contributed by atoms with van der Waals surface area (Å²) in [5, 5.41) is 31.3. The molecule has 2 aliphatic rings. The van der Waals surface area contributed by atoms with Gasteiger partial charge in [0, 0.05) is 12.0 Å². The minimum atomic E-state index is -0.487. The van der Waals surface area contributed by atoms with E-state index in [1.807, 2.05) is 0 Å². The molecule has 0 bridgehead atoms. The van der Waals surface area contributed by atoms with Gasteiger partial charge >= 0.3 is 0 Å². The standard InChI is InChI=1S/C18H23ClN6O.ClH/c1-2-18(5-3-6-18)16-11(8-20)15(19)13-9-22-17(24-25(13)16)23-12-4-7-21-10-14(12)26;/h9,12,14,21,26H,2-7,10H2,1H3,(H,23,24);1H/t12-,14+;/m0./s1. The molecule has 3 N–H and O–H groups in total. The molecule has 0 spiro atoms. The highest BCUT2D eigenvalue weighted by Crippen LogP contribution is 2.49. The average molecular weight is 411 g/mol. The van der Waals surface area contributed by atoms with Crippen LogP contribution in [0.5, 0.6) is 0 Å². The van der Waals surface area contributed by atoms with Crippen molar-refractivity contribution in [1.29, 1.82) is 5.26 Å². The van der Waals surface area contributed by atoms with Gasteiger partial charge in [0.15, 0.2) is 0 Å². The molecule has 0 unspecified atom stereocenters. The molecule has 7 nitrogen and oxygen atoms in total. The first-order valence-electron chi connectivity index (χ1n) is 9.23. The third-order valence-corrected chi connectivity index (χ3v) is 6.37. The molecular formula is C18H24Cl2N6O. The molecule has 0 amide bonds. The Morgan fingerprint density at radius 3 is 2.89 bits per heavy atom. The van der Waals surface area contributed by atoms with Crippen molar-refractivity contribution < 1.29 is 5.11 Å². The second kappa shape index (κ2) is 7.80. The SMILES string of the molecule is CCC1(c2c(C#N)c(Cl)c3cnc(N[C@H]4CCNC[C@H]4O)nn23)CCC1.Cl. The lowest BCUT2D eigenvalue weighted by molar-refractivity contribution is 0.128. The highest BCUT2D eigenvalue weighted by Gasteiger charge is 2.42. The number of piperidine rings is 1. The van der Waals surface area contributed by atoms with Crippen molar-refractivity contribution >= 4 is 35.5 Å². The van der Waals surface area contributed by atoms with E-state index >= 15 is 0 Å². The van der Waals surface area contributed by atoms with Gasteiger partial charge in [0.1, 0.15) is 11.6 Å². The molecule has 1 aliphatic heterocycles. The molecule has 4 rings (SSSR count). The van der Waals surface area contributed by atoms with Gasteiger partial charge in [-0.05, 0) is 32.2 Å². The normalized spacial score (nSPS) is 23.9. The molecular weight excluding hydrogens is 387 g/mol. The van der Waals surface area contributed by atoms with Crippen molar-refractivity contribution in [1.82, 2.24) is 19.9 Å². The quantitative estimate of drug-likeness (QED) is 0.716. The summed E-state index contributed by atoms with van der Waals surface area (Å²) in [7, 11) is 0. The molecule has 2 aromatic heterocycles. The Hall–Kier alpha value is -1.59. The van der Waals surface area contributed by atoms with Crippen LogP contribution in [0.25, 0.3) is 5.52 Å². The zero-order chi connectivity index (χ0) is 18.3. The van der Waals surface area contributed by atoms with Crippen LogP contribution >= 0.6 is 24.0 Å². The molecule has 1 saturated heterocycles. The molecule has 2 atom stereocenters. The van der Waals surface area contributed by atoms with E-state index in [1.165, 1.54) is 0 Å². The molecule has 2 aromatic rings. The smallest absolute Gasteiger partial charge is 0.241 e. The number of fused-ring (bicyclic) bond motifs is 1. The van der Waals surface area contributed by atoms with E-state index in [9.17, 15) is 10.4 Å². The number of rotatable bonds is 4. The Bertz CT molecular complexity index is 867. The van der Waals surface area contributed by atoms with Crippen LogP contribution in [0.1, 0.15) is 50.3 Å². The highest BCUT2D eigenvalue weighted by atomic mass is 35.5.